The molecular weight excluding hydrogens is 442 g/mol. The zero-order valence-corrected chi connectivity index (χ0v) is 15.9. The van der Waals surface area contributed by atoms with Gasteiger partial charge in [0, 0.05) is 10.0 Å². The summed E-state index contributed by atoms with van der Waals surface area (Å²) in [5.74, 6) is 0.879. The van der Waals surface area contributed by atoms with E-state index in [4.69, 9.17) is 5.73 Å². The van der Waals surface area contributed by atoms with Crippen LogP contribution < -0.4 is 5.73 Å². The Balaban J connectivity index is 2.04. The molecule has 2 aromatic heterocycles. The SMILES string of the molecule is Cc1c(-c2cc(Br)c(Br)s2)nn(C2CCS(=O)(=O)C2)c1N. The highest BCUT2D eigenvalue weighted by molar-refractivity contribution is 9.13. The fraction of sp³-hybridized carbons (Fsp3) is 0.417. The zero-order valence-electron chi connectivity index (χ0n) is 11.1. The van der Waals surface area contributed by atoms with Crippen molar-refractivity contribution in [3.05, 3.63) is 19.9 Å². The van der Waals surface area contributed by atoms with Gasteiger partial charge in [-0.2, -0.15) is 5.10 Å². The lowest BCUT2D eigenvalue weighted by Crippen LogP contribution is -2.14. The van der Waals surface area contributed by atoms with Crippen molar-refractivity contribution in [3.63, 3.8) is 0 Å². The van der Waals surface area contributed by atoms with Crippen LogP contribution in [0, 0.1) is 6.92 Å². The van der Waals surface area contributed by atoms with Crippen LogP contribution in [0.15, 0.2) is 14.3 Å². The third-order valence-corrected chi connectivity index (χ3v) is 8.64. The Kier molecular flexibility index (Phi) is 3.96. The highest BCUT2D eigenvalue weighted by atomic mass is 79.9. The number of nitrogens with zero attached hydrogens (tertiary/aromatic N) is 2. The fourth-order valence-corrected chi connectivity index (χ4v) is 6.24. The van der Waals surface area contributed by atoms with E-state index in [0.29, 0.717) is 12.2 Å². The van der Waals surface area contributed by atoms with E-state index in [1.807, 2.05) is 13.0 Å². The lowest BCUT2D eigenvalue weighted by Gasteiger charge is -2.10. The van der Waals surface area contributed by atoms with E-state index >= 15 is 0 Å². The van der Waals surface area contributed by atoms with Gasteiger partial charge in [0.15, 0.2) is 9.84 Å². The second-order valence-corrected chi connectivity index (χ2v) is 10.5. The third-order valence-electron chi connectivity index (χ3n) is 3.63. The molecule has 0 saturated carbocycles. The molecule has 21 heavy (non-hydrogen) atoms. The molecule has 1 aliphatic rings. The molecule has 1 atom stereocenters. The average Bonchev–Trinajstić information content (AvgIpc) is 3.01. The van der Waals surface area contributed by atoms with Crippen LogP contribution in [0.3, 0.4) is 0 Å². The third kappa shape index (κ3) is 2.80. The molecule has 114 valence electrons. The van der Waals surface area contributed by atoms with Crippen LogP contribution in [-0.4, -0.2) is 29.7 Å². The molecule has 0 bridgehead atoms. The van der Waals surface area contributed by atoms with E-state index in [1.54, 1.807) is 16.0 Å². The normalized spacial score (nSPS) is 21.0. The van der Waals surface area contributed by atoms with Gasteiger partial charge >= 0.3 is 0 Å². The van der Waals surface area contributed by atoms with E-state index in [-0.39, 0.29) is 17.5 Å². The minimum atomic E-state index is -2.96. The zero-order chi connectivity index (χ0) is 15.4. The number of nitrogen functional groups attached to an aromatic ring is 1. The first-order chi connectivity index (χ1) is 9.78. The highest BCUT2D eigenvalue weighted by Crippen LogP contribution is 2.40. The summed E-state index contributed by atoms with van der Waals surface area (Å²) in [4.78, 5) is 0.998. The summed E-state index contributed by atoms with van der Waals surface area (Å²) in [6, 6.07) is 1.83. The molecule has 3 rings (SSSR count). The van der Waals surface area contributed by atoms with E-state index in [1.165, 1.54) is 0 Å². The Morgan fingerprint density at radius 3 is 2.71 bits per heavy atom. The Labute approximate surface area is 143 Å². The molecule has 0 radical (unpaired) electrons. The van der Waals surface area contributed by atoms with Gasteiger partial charge in [0.25, 0.3) is 0 Å². The number of anilines is 1. The molecule has 1 aliphatic heterocycles. The Bertz CT molecular complexity index is 791. The summed E-state index contributed by atoms with van der Waals surface area (Å²) >= 11 is 8.50. The number of hydrogen-bond acceptors (Lipinski definition) is 5. The van der Waals surface area contributed by atoms with E-state index in [2.05, 4.69) is 37.0 Å². The molecule has 2 aromatic rings. The van der Waals surface area contributed by atoms with Gasteiger partial charge in [-0.15, -0.1) is 11.3 Å². The molecule has 1 unspecified atom stereocenters. The number of aromatic nitrogens is 2. The maximum absolute atomic E-state index is 11.6. The lowest BCUT2D eigenvalue weighted by atomic mass is 10.2. The molecule has 1 fully saturated rings. The minimum absolute atomic E-state index is 0.121. The number of rotatable bonds is 2. The van der Waals surface area contributed by atoms with Gasteiger partial charge in [-0.05, 0) is 51.3 Å². The van der Waals surface area contributed by atoms with Crippen molar-refractivity contribution < 1.29 is 8.42 Å². The van der Waals surface area contributed by atoms with Crippen molar-refractivity contribution in [1.82, 2.24) is 9.78 Å². The second-order valence-electron chi connectivity index (χ2n) is 5.09. The Hall–Kier alpha value is -0.380. The molecule has 9 heteroatoms. The highest BCUT2D eigenvalue weighted by Gasteiger charge is 2.32. The number of halogens is 2. The molecule has 3 heterocycles. The molecule has 5 nitrogen and oxygen atoms in total. The quantitative estimate of drug-likeness (QED) is 0.754. The van der Waals surface area contributed by atoms with E-state index in [0.717, 1.165) is 24.4 Å². The van der Waals surface area contributed by atoms with Gasteiger partial charge in [0.2, 0.25) is 0 Å². The van der Waals surface area contributed by atoms with Gasteiger partial charge in [-0.1, -0.05) is 0 Å². The van der Waals surface area contributed by atoms with E-state index in [9.17, 15) is 8.42 Å². The van der Waals surface area contributed by atoms with Crippen LogP contribution in [0.25, 0.3) is 10.6 Å². The predicted molar refractivity (Wildman–Crippen MR) is 92.4 cm³/mol. The van der Waals surface area contributed by atoms with Crippen molar-refractivity contribution in [2.24, 2.45) is 0 Å². The second kappa shape index (κ2) is 5.36. The molecule has 0 aliphatic carbocycles. The maximum Gasteiger partial charge on any atom is 0.152 e. The van der Waals surface area contributed by atoms with Gasteiger partial charge in [-0.3, -0.25) is 0 Å². The Morgan fingerprint density at radius 2 is 2.19 bits per heavy atom. The van der Waals surface area contributed by atoms with Gasteiger partial charge < -0.3 is 5.73 Å². The van der Waals surface area contributed by atoms with Gasteiger partial charge in [0.1, 0.15) is 11.5 Å². The van der Waals surface area contributed by atoms with E-state index < -0.39 is 9.84 Å². The average molecular weight is 455 g/mol. The number of hydrogen-bond donors (Lipinski definition) is 1. The summed E-state index contributed by atoms with van der Waals surface area (Å²) in [6.45, 7) is 1.92. The van der Waals surface area contributed by atoms with Crippen LogP contribution in [0.1, 0.15) is 18.0 Å². The predicted octanol–water partition coefficient (Wildman–Crippen LogP) is 3.39. The largest absolute Gasteiger partial charge is 0.384 e. The molecule has 0 aromatic carbocycles. The van der Waals surface area contributed by atoms with Crippen molar-refractivity contribution in [2.75, 3.05) is 17.2 Å². The number of nitrogens with two attached hydrogens (primary N) is 1. The smallest absolute Gasteiger partial charge is 0.152 e. The van der Waals surface area contributed by atoms with Crippen molar-refractivity contribution in [2.45, 2.75) is 19.4 Å². The molecular formula is C12H13Br2N3O2S2. The maximum atomic E-state index is 11.6. The first-order valence-electron chi connectivity index (χ1n) is 6.28. The van der Waals surface area contributed by atoms with Crippen LogP contribution >= 0.6 is 43.2 Å². The molecule has 0 spiro atoms. The molecule has 1 saturated heterocycles. The fourth-order valence-electron chi connectivity index (χ4n) is 2.47. The lowest BCUT2D eigenvalue weighted by molar-refractivity contribution is 0.508. The standard InChI is InChI=1S/C12H13Br2N3O2S2/c1-6-10(9-4-8(13)11(14)20-9)16-17(12(6)15)7-2-3-21(18,19)5-7/h4,7H,2-3,5,15H2,1H3. The summed E-state index contributed by atoms with van der Waals surface area (Å²) in [5, 5.41) is 4.58. The summed E-state index contributed by atoms with van der Waals surface area (Å²) in [6.07, 6.45) is 0.574. The topological polar surface area (TPSA) is 78.0 Å². The molecule has 0 amide bonds. The summed E-state index contributed by atoms with van der Waals surface area (Å²) in [5.41, 5.74) is 7.84. The van der Waals surface area contributed by atoms with Crippen LogP contribution in [0.2, 0.25) is 0 Å². The summed E-state index contributed by atoms with van der Waals surface area (Å²) in [7, 11) is -2.96. The van der Waals surface area contributed by atoms with Gasteiger partial charge in [0.05, 0.1) is 26.2 Å². The summed E-state index contributed by atoms with van der Waals surface area (Å²) < 4.78 is 26.9. The first-order valence-corrected chi connectivity index (χ1v) is 10.5. The monoisotopic (exact) mass is 453 g/mol. The molecule has 2 N–H and O–H groups in total. The first kappa shape index (κ1) is 15.5. The van der Waals surface area contributed by atoms with Crippen molar-refractivity contribution in [1.29, 1.82) is 0 Å². The van der Waals surface area contributed by atoms with Crippen LogP contribution in [-0.2, 0) is 9.84 Å². The number of thiophene rings is 1. The van der Waals surface area contributed by atoms with Crippen molar-refractivity contribution >= 4 is 58.9 Å². The number of sulfone groups is 1. The van der Waals surface area contributed by atoms with Crippen LogP contribution in [0.5, 0.6) is 0 Å². The van der Waals surface area contributed by atoms with Crippen LogP contribution in [0.4, 0.5) is 5.82 Å². The Morgan fingerprint density at radius 1 is 1.48 bits per heavy atom. The van der Waals surface area contributed by atoms with Gasteiger partial charge in [-0.25, -0.2) is 13.1 Å². The van der Waals surface area contributed by atoms with Crippen molar-refractivity contribution in [3.8, 4) is 10.6 Å². The minimum Gasteiger partial charge on any atom is -0.384 e.